The Morgan fingerprint density at radius 1 is 0.347 bits per heavy atom. The Morgan fingerprint density at radius 3 is 1.67 bits per heavy atom. The first-order valence-electron chi connectivity index (χ1n) is 16.9. The molecule has 1 aliphatic rings. The molecule has 0 N–H and O–H groups in total. The number of rotatable bonds is 5. The van der Waals surface area contributed by atoms with Crippen LogP contribution in [0, 0.1) is 0 Å². The molecular weight excluding hydrogens is 593 g/mol. The lowest BCUT2D eigenvalue weighted by molar-refractivity contribution is 0.660. The first kappa shape index (κ1) is 29.1. The Balaban J connectivity index is 1.20. The van der Waals surface area contributed by atoms with Gasteiger partial charge in [0, 0.05) is 22.1 Å². The Labute approximate surface area is 287 Å². The van der Waals surface area contributed by atoms with Gasteiger partial charge in [-0.2, -0.15) is 0 Å². The topological polar surface area (TPSA) is 25.8 Å². The van der Waals surface area contributed by atoms with Gasteiger partial charge in [-0.25, -0.2) is 9.97 Å². The molecule has 0 radical (unpaired) electrons. The Morgan fingerprint density at radius 2 is 0.898 bits per heavy atom. The Hall–Kier alpha value is -6.12. The zero-order valence-corrected chi connectivity index (χ0v) is 27.6. The van der Waals surface area contributed by atoms with E-state index in [4.69, 9.17) is 9.97 Å². The molecule has 0 spiro atoms. The molecule has 1 heterocycles. The maximum Gasteiger partial charge on any atom is 0.161 e. The maximum atomic E-state index is 5.26. The van der Waals surface area contributed by atoms with Crippen LogP contribution in [-0.2, 0) is 5.41 Å². The highest BCUT2D eigenvalue weighted by Gasteiger charge is 2.35. The van der Waals surface area contributed by atoms with Gasteiger partial charge in [-0.3, -0.25) is 0 Å². The fraction of sp³-hybridized carbons (Fsp3) is 0.0638. The van der Waals surface area contributed by atoms with Crippen molar-refractivity contribution in [1.82, 2.24) is 9.97 Å². The highest BCUT2D eigenvalue weighted by molar-refractivity contribution is 6.04. The van der Waals surface area contributed by atoms with Crippen molar-refractivity contribution in [2.75, 3.05) is 0 Å². The molecule has 1 aliphatic carbocycles. The summed E-state index contributed by atoms with van der Waals surface area (Å²) in [4.78, 5) is 10.5. The molecule has 1 aromatic heterocycles. The lowest BCUT2D eigenvalue weighted by Crippen LogP contribution is -2.14. The van der Waals surface area contributed by atoms with E-state index in [1.165, 1.54) is 44.3 Å². The molecule has 2 nitrogen and oxygen atoms in total. The zero-order valence-electron chi connectivity index (χ0n) is 27.6. The minimum absolute atomic E-state index is 0.0579. The third-order valence-electron chi connectivity index (χ3n) is 10.1. The van der Waals surface area contributed by atoms with Gasteiger partial charge in [0.25, 0.3) is 0 Å². The van der Waals surface area contributed by atoms with Crippen molar-refractivity contribution in [3.05, 3.63) is 181 Å². The van der Waals surface area contributed by atoms with Crippen molar-refractivity contribution < 1.29 is 0 Å². The first-order chi connectivity index (χ1) is 24.0. The van der Waals surface area contributed by atoms with Crippen LogP contribution in [0.25, 0.3) is 78.1 Å². The molecule has 0 amide bonds. The summed E-state index contributed by atoms with van der Waals surface area (Å²) in [5, 5.41) is 2.33. The van der Waals surface area contributed by atoms with Crippen LogP contribution in [0.3, 0.4) is 0 Å². The molecule has 0 saturated carbocycles. The van der Waals surface area contributed by atoms with Crippen LogP contribution in [0.4, 0.5) is 0 Å². The Kier molecular flexibility index (Phi) is 6.84. The number of hydrogen-bond acceptors (Lipinski definition) is 2. The first-order valence-corrected chi connectivity index (χ1v) is 16.9. The van der Waals surface area contributed by atoms with Gasteiger partial charge in [-0.15, -0.1) is 0 Å². The molecule has 0 atom stereocenters. The van der Waals surface area contributed by atoms with Gasteiger partial charge in [0.2, 0.25) is 0 Å². The summed E-state index contributed by atoms with van der Waals surface area (Å²) in [5.41, 5.74) is 15.1. The third-order valence-corrected chi connectivity index (χ3v) is 10.1. The quantitative estimate of drug-likeness (QED) is 0.190. The van der Waals surface area contributed by atoms with Gasteiger partial charge in [0.15, 0.2) is 5.82 Å². The van der Waals surface area contributed by atoms with E-state index in [1.54, 1.807) is 0 Å². The highest BCUT2D eigenvalue weighted by Crippen LogP contribution is 2.50. The van der Waals surface area contributed by atoms with Crippen molar-refractivity contribution in [2.45, 2.75) is 19.3 Å². The average molecular weight is 627 g/mol. The number of benzene rings is 7. The van der Waals surface area contributed by atoms with Gasteiger partial charge < -0.3 is 0 Å². The van der Waals surface area contributed by atoms with Crippen molar-refractivity contribution in [3.8, 4) is 67.3 Å². The summed E-state index contributed by atoms with van der Waals surface area (Å²) in [6.45, 7) is 4.68. The lowest BCUT2D eigenvalue weighted by atomic mass is 9.81. The molecule has 0 bridgehead atoms. The molecule has 0 aliphatic heterocycles. The largest absolute Gasteiger partial charge is 0.228 e. The summed E-state index contributed by atoms with van der Waals surface area (Å²) < 4.78 is 0. The summed E-state index contributed by atoms with van der Waals surface area (Å²) >= 11 is 0. The molecular formula is C47H34N2. The summed E-state index contributed by atoms with van der Waals surface area (Å²) in [6, 6.07) is 60.6. The van der Waals surface area contributed by atoms with Crippen LogP contribution in [0.5, 0.6) is 0 Å². The van der Waals surface area contributed by atoms with Crippen LogP contribution >= 0.6 is 0 Å². The number of nitrogens with zero attached hydrogens (tertiary/aromatic N) is 2. The monoisotopic (exact) mass is 626 g/mol. The summed E-state index contributed by atoms with van der Waals surface area (Å²) in [6.07, 6.45) is 0. The van der Waals surface area contributed by atoms with Gasteiger partial charge in [-0.05, 0) is 79.5 Å². The number of aromatic nitrogens is 2. The second-order valence-electron chi connectivity index (χ2n) is 13.4. The average Bonchev–Trinajstić information content (AvgIpc) is 3.40. The van der Waals surface area contributed by atoms with E-state index in [9.17, 15) is 0 Å². The van der Waals surface area contributed by atoms with E-state index in [0.29, 0.717) is 0 Å². The molecule has 0 saturated heterocycles. The van der Waals surface area contributed by atoms with E-state index in [0.717, 1.165) is 44.9 Å². The van der Waals surface area contributed by atoms with E-state index >= 15 is 0 Å². The predicted molar refractivity (Wildman–Crippen MR) is 204 cm³/mol. The van der Waals surface area contributed by atoms with Crippen molar-refractivity contribution in [2.24, 2.45) is 0 Å². The van der Waals surface area contributed by atoms with E-state index in [1.807, 2.05) is 6.07 Å². The van der Waals surface area contributed by atoms with Gasteiger partial charge in [-0.1, -0.05) is 159 Å². The third kappa shape index (κ3) is 4.96. The maximum absolute atomic E-state index is 5.26. The van der Waals surface area contributed by atoms with Crippen LogP contribution < -0.4 is 0 Å². The number of fused-ring (bicyclic) bond motifs is 4. The molecule has 8 aromatic rings. The van der Waals surface area contributed by atoms with E-state index in [2.05, 4.69) is 178 Å². The SMILES string of the molecule is CC1(C)c2ccccc2-c2ccc(-c3ccc(-c4nc(-c5ccccc5)cc(-c5cccc(-c6ccccc6)c5)n4)c4ccccc34)cc21. The minimum Gasteiger partial charge on any atom is -0.228 e. The van der Waals surface area contributed by atoms with Crippen LogP contribution in [0.15, 0.2) is 170 Å². The van der Waals surface area contributed by atoms with Crippen LogP contribution in [0.2, 0.25) is 0 Å². The molecule has 7 aromatic carbocycles. The molecule has 2 heteroatoms. The summed E-state index contributed by atoms with van der Waals surface area (Å²) in [7, 11) is 0. The van der Waals surface area contributed by atoms with Crippen LogP contribution in [-0.4, -0.2) is 9.97 Å². The molecule has 0 unspecified atom stereocenters. The van der Waals surface area contributed by atoms with Crippen molar-refractivity contribution in [1.29, 1.82) is 0 Å². The molecule has 9 rings (SSSR count). The summed E-state index contributed by atoms with van der Waals surface area (Å²) in [5.74, 6) is 0.717. The molecule has 232 valence electrons. The molecule has 0 fully saturated rings. The number of hydrogen-bond donors (Lipinski definition) is 0. The normalized spacial score (nSPS) is 12.9. The van der Waals surface area contributed by atoms with Gasteiger partial charge in [0.1, 0.15) is 0 Å². The highest BCUT2D eigenvalue weighted by atomic mass is 14.9. The van der Waals surface area contributed by atoms with E-state index in [-0.39, 0.29) is 5.41 Å². The fourth-order valence-corrected chi connectivity index (χ4v) is 7.58. The molecule has 49 heavy (non-hydrogen) atoms. The second-order valence-corrected chi connectivity index (χ2v) is 13.4. The predicted octanol–water partition coefficient (Wildman–Crippen LogP) is 12.3. The van der Waals surface area contributed by atoms with E-state index < -0.39 is 0 Å². The standard InChI is InChI=1S/C47H34N2/c1-47(2)42-23-12-11-22-39(42)40-25-24-34(29-43(40)47)36-26-27-41(38-21-10-9-20-37(36)38)46-48-44(32-16-7-4-8-17-32)30-45(49-46)35-19-13-18-33(28-35)31-14-5-3-6-15-31/h3-30H,1-2H3. The lowest BCUT2D eigenvalue weighted by Gasteiger charge is -2.22. The van der Waals surface area contributed by atoms with Crippen molar-refractivity contribution in [3.63, 3.8) is 0 Å². The van der Waals surface area contributed by atoms with Crippen LogP contribution in [0.1, 0.15) is 25.0 Å². The Bertz CT molecular complexity index is 2510. The smallest absolute Gasteiger partial charge is 0.161 e. The van der Waals surface area contributed by atoms with Gasteiger partial charge in [0.05, 0.1) is 11.4 Å². The fourth-order valence-electron chi connectivity index (χ4n) is 7.58. The van der Waals surface area contributed by atoms with Crippen molar-refractivity contribution >= 4 is 10.8 Å². The minimum atomic E-state index is -0.0579. The van der Waals surface area contributed by atoms with Gasteiger partial charge >= 0.3 is 0 Å². The second kappa shape index (κ2) is 11.5. The zero-order chi connectivity index (χ0) is 33.0.